The fraction of sp³-hybridized carbons (Fsp3) is 0.739. The van der Waals surface area contributed by atoms with Crippen molar-refractivity contribution in [1.82, 2.24) is 34.9 Å². The van der Waals surface area contributed by atoms with Crippen LogP contribution in [0.15, 0.2) is 17.5 Å². The molecule has 0 saturated heterocycles. The van der Waals surface area contributed by atoms with Crippen LogP contribution in [0.4, 0.5) is 0 Å². The van der Waals surface area contributed by atoms with Gasteiger partial charge in [-0.3, -0.25) is 23.9 Å². The number of ether oxygens (including phenoxy) is 2. The molecular formula is C23H38N10O4. The molecule has 0 bridgehead atoms. The lowest BCUT2D eigenvalue weighted by molar-refractivity contribution is -0.144. The van der Waals surface area contributed by atoms with E-state index in [4.69, 9.17) is 15.0 Å². The molecule has 2 heterocycles. The van der Waals surface area contributed by atoms with E-state index in [2.05, 4.69) is 35.6 Å². The quantitative estimate of drug-likeness (QED) is 0.0841. The maximum absolute atomic E-state index is 11.5. The molecule has 0 fully saturated rings. The van der Waals surface area contributed by atoms with Crippen molar-refractivity contribution in [3.8, 4) is 0 Å². The molecule has 14 heteroatoms. The summed E-state index contributed by atoms with van der Waals surface area (Å²) in [4.78, 5) is 27.9. The zero-order valence-corrected chi connectivity index (χ0v) is 21.9. The number of nitrogens with zero attached hydrogens (tertiary/aromatic N) is 10. The van der Waals surface area contributed by atoms with Crippen LogP contribution in [0.5, 0.6) is 0 Å². The number of unbranched alkanes of at least 4 members (excludes halogenated alkanes) is 2. The topological polar surface area (TPSA) is 166 Å². The van der Waals surface area contributed by atoms with E-state index in [1.54, 1.807) is 23.2 Å². The van der Waals surface area contributed by atoms with Gasteiger partial charge in [-0.1, -0.05) is 15.5 Å². The van der Waals surface area contributed by atoms with Gasteiger partial charge in [-0.05, 0) is 58.0 Å². The van der Waals surface area contributed by atoms with E-state index in [1.165, 1.54) is 0 Å². The smallest absolute Gasteiger partial charge is 0.305 e. The highest BCUT2D eigenvalue weighted by Gasteiger charge is 2.13. The molecule has 0 N–H and O–H groups in total. The highest BCUT2D eigenvalue weighted by atomic mass is 16.5. The van der Waals surface area contributed by atoms with E-state index >= 15 is 0 Å². The number of rotatable bonds is 20. The van der Waals surface area contributed by atoms with Gasteiger partial charge in [0.2, 0.25) is 0 Å². The van der Waals surface area contributed by atoms with Crippen molar-refractivity contribution in [2.75, 3.05) is 26.3 Å². The van der Waals surface area contributed by atoms with E-state index in [0.717, 1.165) is 37.1 Å². The third-order valence-electron chi connectivity index (χ3n) is 5.39. The van der Waals surface area contributed by atoms with Crippen molar-refractivity contribution < 1.29 is 19.1 Å². The zero-order chi connectivity index (χ0) is 26.7. The van der Waals surface area contributed by atoms with E-state index < -0.39 is 0 Å². The number of esters is 2. The van der Waals surface area contributed by atoms with Gasteiger partial charge in [-0.25, -0.2) is 0 Å². The molecular weight excluding hydrogens is 480 g/mol. The van der Waals surface area contributed by atoms with Gasteiger partial charge in [0.1, 0.15) is 0 Å². The number of aryl methyl sites for hydroxylation is 2. The summed E-state index contributed by atoms with van der Waals surface area (Å²) in [5.41, 5.74) is 10.2. The first kappa shape index (κ1) is 29.7. The molecule has 0 aliphatic heterocycles. The number of aromatic nitrogens is 6. The Morgan fingerprint density at radius 3 is 1.86 bits per heavy atom. The Hall–Kier alpha value is -3.51. The molecule has 2 aromatic heterocycles. The first-order valence-corrected chi connectivity index (χ1v) is 12.9. The Bertz CT molecular complexity index is 920. The van der Waals surface area contributed by atoms with E-state index in [-0.39, 0.29) is 11.9 Å². The molecule has 0 aliphatic rings. The second-order valence-corrected chi connectivity index (χ2v) is 8.49. The molecule has 2 aromatic rings. The van der Waals surface area contributed by atoms with Gasteiger partial charge in [0, 0.05) is 62.9 Å². The molecule has 0 unspecified atom stereocenters. The highest BCUT2D eigenvalue weighted by Crippen LogP contribution is 2.09. The van der Waals surface area contributed by atoms with Crippen molar-refractivity contribution in [3.05, 3.63) is 34.2 Å². The number of hydrogen-bond donors (Lipinski definition) is 0. The number of carbonyl (C=O) groups is 2. The van der Waals surface area contributed by atoms with Crippen LogP contribution in [0.2, 0.25) is 0 Å². The Morgan fingerprint density at radius 1 is 0.892 bits per heavy atom. The van der Waals surface area contributed by atoms with E-state index in [9.17, 15) is 9.59 Å². The summed E-state index contributed by atoms with van der Waals surface area (Å²) >= 11 is 0. The lowest BCUT2D eigenvalue weighted by Crippen LogP contribution is -2.25. The molecule has 0 aromatic carbocycles. The third-order valence-corrected chi connectivity index (χ3v) is 5.39. The summed E-state index contributed by atoms with van der Waals surface area (Å²) in [5, 5.41) is 20.6. The lowest BCUT2D eigenvalue weighted by atomic mass is 10.2. The second-order valence-electron chi connectivity index (χ2n) is 8.49. The molecule has 0 atom stereocenters. The normalized spacial score (nSPS) is 10.9. The van der Waals surface area contributed by atoms with Crippen molar-refractivity contribution in [1.29, 1.82) is 0 Å². The monoisotopic (exact) mass is 518 g/mol. The summed E-state index contributed by atoms with van der Waals surface area (Å²) < 4.78 is 13.5. The predicted octanol–water partition coefficient (Wildman–Crippen LogP) is 3.04. The van der Waals surface area contributed by atoms with E-state index in [0.29, 0.717) is 71.7 Å². The SMILES string of the molecule is CCOC(=O)CCCCn1cc(CN(CCCN=[N+]=[N-])Cc2cn(CCCCC(=O)OCC)nn2)nn1. The molecule has 204 valence electrons. The first-order valence-electron chi connectivity index (χ1n) is 12.9. The van der Waals surface area contributed by atoms with Crippen LogP contribution in [0, 0.1) is 0 Å². The fourth-order valence-corrected chi connectivity index (χ4v) is 3.68. The molecule has 0 aliphatic carbocycles. The Kier molecular flexibility index (Phi) is 14.3. The van der Waals surface area contributed by atoms with Crippen molar-refractivity contribution in [2.45, 2.75) is 85.0 Å². The largest absolute Gasteiger partial charge is 0.466 e. The van der Waals surface area contributed by atoms with Gasteiger partial charge < -0.3 is 9.47 Å². The van der Waals surface area contributed by atoms with Crippen molar-refractivity contribution in [3.63, 3.8) is 0 Å². The molecule has 0 spiro atoms. The van der Waals surface area contributed by atoms with Crippen LogP contribution >= 0.6 is 0 Å². The van der Waals surface area contributed by atoms with Gasteiger partial charge in [0.05, 0.1) is 24.6 Å². The van der Waals surface area contributed by atoms with Crippen LogP contribution < -0.4 is 0 Å². The summed E-state index contributed by atoms with van der Waals surface area (Å²) in [5.74, 6) is -0.349. The summed E-state index contributed by atoms with van der Waals surface area (Å²) in [6.45, 7) is 7.97. The van der Waals surface area contributed by atoms with Gasteiger partial charge in [0.25, 0.3) is 0 Å². The maximum Gasteiger partial charge on any atom is 0.305 e. The molecule has 0 radical (unpaired) electrons. The molecule has 14 nitrogen and oxygen atoms in total. The van der Waals surface area contributed by atoms with Gasteiger partial charge >= 0.3 is 11.9 Å². The minimum absolute atomic E-state index is 0.174. The Labute approximate surface area is 216 Å². The van der Waals surface area contributed by atoms with Crippen LogP contribution in [0.1, 0.15) is 70.2 Å². The summed E-state index contributed by atoms with van der Waals surface area (Å²) in [7, 11) is 0. The molecule has 0 amide bonds. The van der Waals surface area contributed by atoms with E-state index in [1.807, 2.05) is 12.4 Å². The minimum atomic E-state index is -0.174. The molecule has 2 rings (SSSR count). The molecule has 37 heavy (non-hydrogen) atoms. The zero-order valence-electron chi connectivity index (χ0n) is 21.9. The minimum Gasteiger partial charge on any atom is -0.466 e. The average Bonchev–Trinajstić information content (AvgIpc) is 3.52. The van der Waals surface area contributed by atoms with Crippen molar-refractivity contribution >= 4 is 11.9 Å². The predicted molar refractivity (Wildman–Crippen MR) is 134 cm³/mol. The lowest BCUT2D eigenvalue weighted by Gasteiger charge is -2.19. The summed E-state index contributed by atoms with van der Waals surface area (Å²) in [6.07, 6.45) is 8.40. The number of azide groups is 1. The third kappa shape index (κ3) is 12.8. The van der Waals surface area contributed by atoms with Crippen LogP contribution in [-0.4, -0.2) is 73.1 Å². The van der Waals surface area contributed by atoms with Crippen LogP contribution in [-0.2, 0) is 45.2 Å². The Morgan fingerprint density at radius 2 is 1.41 bits per heavy atom. The van der Waals surface area contributed by atoms with Crippen molar-refractivity contribution in [2.24, 2.45) is 5.11 Å². The summed E-state index contributed by atoms with van der Waals surface area (Å²) in [6, 6.07) is 0. The van der Waals surface area contributed by atoms with Crippen LogP contribution in [0.3, 0.4) is 0 Å². The highest BCUT2D eigenvalue weighted by molar-refractivity contribution is 5.69. The standard InChI is InChI=1S/C23H38N10O4/c1-3-36-22(34)10-5-7-14-32-18-20(26-29-32)16-31(13-9-12-25-28-24)17-21-19-33(30-27-21)15-8-6-11-23(35)37-4-2/h18-19H,3-17H2,1-2H3. The van der Waals surface area contributed by atoms with Gasteiger partial charge in [-0.2, -0.15) is 0 Å². The maximum atomic E-state index is 11.5. The first-order chi connectivity index (χ1) is 18.0. The number of hydrogen-bond acceptors (Lipinski definition) is 10. The molecule has 0 saturated carbocycles. The average molecular weight is 519 g/mol. The fourth-order valence-electron chi connectivity index (χ4n) is 3.68. The number of carbonyl (C=O) groups excluding carboxylic acids is 2. The Balaban J connectivity index is 1.84. The van der Waals surface area contributed by atoms with Gasteiger partial charge in [-0.15, -0.1) is 10.2 Å². The second kappa shape index (κ2) is 17.8. The van der Waals surface area contributed by atoms with Crippen LogP contribution in [0.25, 0.3) is 10.4 Å². The van der Waals surface area contributed by atoms with Gasteiger partial charge in [0.15, 0.2) is 0 Å².